The van der Waals surface area contributed by atoms with E-state index in [1.165, 1.54) is 4.88 Å². The van der Waals surface area contributed by atoms with Gasteiger partial charge in [0.05, 0.1) is 10.9 Å². The minimum atomic E-state index is -4.06. The Balaban J connectivity index is 1.81. The second-order valence-electron chi connectivity index (χ2n) is 6.32. The zero-order valence-electron chi connectivity index (χ0n) is 14.8. The van der Waals surface area contributed by atoms with Crippen molar-refractivity contribution in [3.63, 3.8) is 0 Å². The molecule has 1 fully saturated rings. The second kappa shape index (κ2) is 9.40. The Hall–Kier alpha value is -1.31. The summed E-state index contributed by atoms with van der Waals surface area (Å²) in [5.74, 6) is -0.465. The molecule has 2 rings (SSSR count). The molecule has 1 aliphatic carbocycles. The molecule has 1 aliphatic rings. The Morgan fingerprint density at radius 2 is 2.00 bits per heavy atom. The van der Waals surface area contributed by atoms with Gasteiger partial charge in [-0.05, 0) is 39.0 Å². The number of aliphatic imine (C=N–C) groups is 1. The smallest absolute Gasteiger partial charge is 0.357 e. The van der Waals surface area contributed by atoms with Crippen LogP contribution < -0.4 is 10.6 Å². The maximum atomic E-state index is 12.7. The summed E-state index contributed by atoms with van der Waals surface area (Å²) in [6.07, 6.45) is 1.06. The van der Waals surface area contributed by atoms with Gasteiger partial charge in [-0.25, -0.2) is 4.98 Å². The third-order valence-electron chi connectivity index (χ3n) is 4.42. The highest BCUT2D eigenvalue weighted by molar-refractivity contribution is 7.11. The first-order valence-electron chi connectivity index (χ1n) is 8.97. The van der Waals surface area contributed by atoms with Crippen molar-refractivity contribution in [1.82, 2.24) is 15.6 Å². The molecule has 0 saturated heterocycles. The number of hydrogen-bond donors (Lipinski definition) is 2. The Labute approximate surface area is 151 Å². The molecule has 1 saturated carbocycles. The Morgan fingerprint density at radius 1 is 1.28 bits per heavy atom. The van der Waals surface area contributed by atoms with Crippen LogP contribution in [0, 0.1) is 5.92 Å². The summed E-state index contributed by atoms with van der Waals surface area (Å²) in [7, 11) is 0. The molecular formula is C17H27F3N4S. The molecule has 0 aromatic carbocycles. The predicted molar refractivity (Wildman–Crippen MR) is 96.1 cm³/mol. The lowest BCUT2D eigenvalue weighted by Crippen LogP contribution is -2.45. The molecule has 4 nitrogen and oxygen atoms in total. The molecule has 1 heterocycles. The lowest BCUT2D eigenvalue weighted by atomic mass is 9.85. The zero-order chi connectivity index (χ0) is 18.3. The van der Waals surface area contributed by atoms with Crippen LogP contribution in [0.15, 0.2) is 11.2 Å². The van der Waals surface area contributed by atoms with Crippen molar-refractivity contribution in [2.75, 3.05) is 13.1 Å². The normalized spacial score (nSPS) is 22.0. The number of guanidine groups is 1. The van der Waals surface area contributed by atoms with Crippen LogP contribution in [0.1, 0.15) is 49.4 Å². The summed E-state index contributed by atoms with van der Waals surface area (Å²) < 4.78 is 38.2. The Morgan fingerprint density at radius 3 is 2.56 bits per heavy atom. The average Bonchev–Trinajstić information content (AvgIpc) is 3.03. The van der Waals surface area contributed by atoms with E-state index in [0.717, 1.165) is 24.4 Å². The molecule has 0 amide bonds. The van der Waals surface area contributed by atoms with Gasteiger partial charge < -0.3 is 10.6 Å². The van der Waals surface area contributed by atoms with Gasteiger partial charge in [-0.1, -0.05) is 6.92 Å². The number of nitrogens with one attached hydrogen (secondary N) is 2. The van der Waals surface area contributed by atoms with Crippen LogP contribution in [0.3, 0.4) is 0 Å². The maximum absolute atomic E-state index is 12.7. The number of aryl methyl sites for hydroxylation is 1. The summed E-state index contributed by atoms with van der Waals surface area (Å²) in [5, 5.41) is 7.53. The van der Waals surface area contributed by atoms with Crippen LogP contribution in [-0.2, 0) is 12.8 Å². The van der Waals surface area contributed by atoms with Gasteiger partial charge in [0.15, 0.2) is 5.96 Å². The van der Waals surface area contributed by atoms with Gasteiger partial charge >= 0.3 is 6.18 Å². The number of halogens is 3. The molecule has 0 spiro atoms. The van der Waals surface area contributed by atoms with E-state index in [2.05, 4.69) is 27.5 Å². The fraction of sp³-hybridized carbons (Fsp3) is 0.765. The Bertz CT molecular complexity index is 548. The van der Waals surface area contributed by atoms with Crippen LogP contribution in [0.4, 0.5) is 13.2 Å². The number of nitrogens with zero attached hydrogens (tertiary/aromatic N) is 2. The van der Waals surface area contributed by atoms with E-state index in [9.17, 15) is 13.2 Å². The van der Waals surface area contributed by atoms with Gasteiger partial charge in [-0.2, -0.15) is 13.2 Å². The van der Waals surface area contributed by atoms with Crippen LogP contribution in [0.2, 0.25) is 0 Å². The van der Waals surface area contributed by atoms with Crippen LogP contribution in [0.5, 0.6) is 0 Å². The molecule has 1 aromatic rings. The van der Waals surface area contributed by atoms with Crippen molar-refractivity contribution in [3.05, 3.63) is 16.1 Å². The number of thiazole rings is 1. The van der Waals surface area contributed by atoms with Crippen molar-refractivity contribution >= 4 is 17.3 Å². The first kappa shape index (κ1) is 20.0. The summed E-state index contributed by atoms with van der Waals surface area (Å²) in [5.41, 5.74) is 0. The highest BCUT2D eigenvalue weighted by Crippen LogP contribution is 2.37. The van der Waals surface area contributed by atoms with Crippen molar-refractivity contribution in [1.29, 1.82) is 0 Å². The zero-order valence-corrected chi connectivity index (χ0v) is 15.6. The molecule has 0 aliphatic heterocycles. The standard InChI is InChI=1S/C17H27F3N4S/c1-3-14-11-23-15(25-14)9-10-22-16(21-4-2)24-13-7-5-12(6-8-13)17(18,19)20/h11-13H,3-10H2,1-2H3,(H2,21,22,24). The van der Waals surface area contributed by atoms with Crippen LogP contribution in [0.25, 0.3) is 0 Å². The molecule has 0 unspecified atom stereocenters. The van der Waals surface area contributed by atoms with E-state index in [-0.39, 0.29) is 18.9 Å². The maximum Gasteiger partial charge on any atom is 0.391 e. The Kier molecular flexibility index (Phi) is 7.53. The highest BCUT2D eigenvalue weighted by Gasteiger charge is 2.41. The van der Waals surface area contributed by atoms with E-state index in [4.69, 9.17) is 0 Å². The molecule has 2 N–H and O–H groups in total. The first-order valence-corrected chi connectivity index (χ1v) is 9.79. The van der Waals surface area contributed by atoms with Gasteiger partial charge in [0.1, 0.15) is 0 Å². The predicted octanol–water partition coefficient (Wildman–Crippen LogP) is 3.92. The largest absolute Gasteiger partial charge is 0.391 e. The van der Waals surface area contributed by atoms with Gasteiger partial charge in [0.25, 0.3) is 0 Å². The third-order valence-corrected chi connectivity index (χ3v) is 5.62. The van der Waals surface area contributed by atoms with Gasteiger partial charge in [-0.3, -0.25) is 4.99 Å². The van der Waals surface area contributed by atoms with Crippen LogP contribution >= 0.6 is 11.3 Å². The number of hydrogen-bond acceptors (Lipinski definition) is 3. The summed E-state index contributed by atoms with van der Waals surface area (Å²) in [6.45, 7) is 5.42. The second-order valence-corrected chi connectivity index (χ2v) is 7.52. The van der Waals surface area contributed by atoms with Crippen molar-refractivity contribution in [3.8, 4) is 0 Å². The molecule has 25 heavy (non-hydrogen) atoms. The van der Waals surface area contributed by atoms with Gasteiger partial charge in [0.2, 0.25) is 0 Å². The molecule has 8 heteroatoms. The lowest BCUT2D eigenvalue weighted by molar-refractivity contribution is -0.182. The van der Waals surface area contributed by atoms with E-state index in [1.54, 1.807) is 11.3 Å². The monoisotopic (exact) mass is 376 g/mol. The van der Waals surface area contributed by atoms with E-state index in [1.807, 2.05) is 13.1 Å². The van der Waals surface area contributed by atoms with Gasteiger partial charge in [-0.15, -0.1) is 11.3 Å². The van der Waals surface area contributed by atoms with E-state index < -0.39 is 12.1 Å². The fourth-order valence-electron chi connectivity index (χ4n) is 2.97. The molecular weight excluding hydrogens is 349 g/mol. The number of aromatic nitrogens is 1. The lowest BCUT2D eigenvalue weighted by Gasteiger charge is -2.31. The van der Waals surface area contributed by atoms with E-state index >= 15 is 0 Å². The molecule has 142 valence electrons. The SMILES string of the molecule is CCNC(=NCCc1ncc(CC)s1)NC1CCC(C(F)(F)F)CC1. The minimum absolute atomic E-state index is 0.0583. The minimum Gasteiger partial charge on any atom is -0.357 e. The van der Waals surface area contributed by atoms with Gasteiger partial charge in [0, 0.05) is 36.6 Å². The van der Waals surface area contributed by atoms with Crippen molar-refractivity contribution in [2.45, 2.75) is 64.6 Å². The summed E-state index contributed by atoms with van der Waals surface area (Å²) in [6, 6.07) is 0.0583. The number of rotatable bonds is 6. The fourth-order valence-corrected chi connectivity index (χ4v) is 3.82. The van der Waals surface area contributed by atoms with Crippen LogP contribution in [-0.4, -0.2) is 36.3 Å². The molecule has 0 bridgehead atoms. The first-order chi connectivity index (χ1) is 11.9. The van der Waals surface area contributed by atoms with Crippen molar-refractivity contribution in [2.24, 2.45) is 10.9 Å². The number of alkyl halides is 3. The molecule has 1 aromatic heterocycles. The van der Waals surface area contributed by atoms with E-state index in [0.29, 0.717) is 25.3 Å². The topological polar surface area (TPSA) is 49.3 Å². The molecule has 0 radical (unpaired) electrons. The third kappa shape index (κ3) is 6.49. The average molecular weight is 376 g/mol. The highest BCUT2D eigenvalue weighted by atomic mass is 32.1. The molecule has 0 atom stereocenters. The summed E-state index contributed by atoms with van der Waals surface area (Å²) in [4.78, 5) is 10.2. The summed E-state index contributed by atoms with van der Waals surface area (Å²) >= 11 is 1.71. The van der Waals surface area contributed by atoms with Crippen molar-refractivity contribution < 1.29 is 13.2 Å². The quantitative estimate of drug-likeness (QED) is 0.584.